The smallest absolute Gasteiger partial charge is 0.338 e. The normalized spacial score (nSPS) is 14.5. The Balaban J connectivity index is 1.47. The molecule has 1 aliphatic rings. The molecule has 5 aromatic rings. The summed E-state index contributed by atoms with van der Waals surface area (Å²) in [7, 11) is 0. The van der Waals surface area contributed by atoms with Crippen LogP contribution >= 0.6 is 79.9 Å². The molecule has 0 unspecified atom stereocenters. The van der Waals surface area contributed by atoms with Gasteiger partial charge < -0.3 is 9.47 Å². The zero-order valence-electron chi connectivity index (χ0n) is 25.2. The average molecular weight is 905 g/mol. The number of thioether (sulfide) groups is 1. The van der Waals surface area contributed by atoms with Crippen LogP contribution in [0.15, 0.2) is 111 Å². The van der Waals surface area contributed by atoms with Crippen molar-refractivity contribution in [1.29, 1.82) is 0 Å². The molecule has 0 radical (unpaired) electrons. The minimum atomic E-state index is -0.720. The van der Waals surface area contributed by atoms with Gasteiger partial charge in [-0.15, -0.1) is 11.8 Å². The molecule has 1 aliphatic heterocycles. The fourth-order valence-corrected chi connectivity index (χ4v) is 8.89. The SMILES string of the molecule is CCOC(=O)C1=C(c2ccccc2)N=c2s/c(=C\c3cc(I)c(OCc4ccc(Cl)cc4)c(I)c3)c(=O)n2[C@@H]1c1ccc(SC)cc1. The predicted molar refractivity (Wildman–Crippen MR) is 207 cm³/mol. The molecule has 238 valence electrons. The molecule has 0 N–H and O–H groups in total. The van der Waals surface area contributed by atoms with Crippen LogP contribution in [-0.4, -0.2) is 23.4 Å². The van der Waals surface area contributed by atoms with Crippen molar-refractivity contribution in [3.05, 3.63) is 151 Å². The minimum Gasteiger partial charge on any atom is -0.487 e. The van der Waals surface area contributed by atoms with Gasteiger partial charge in [-0.2, -0.15) is 0 Å². The minimum absolute atomic E-state index is 0.198. The number of fused-ring (bicyclic) bond motifs is 1. The van der Waals surface area contributed by atoms with Crippen molar-refractivity contribution in [1.82, 2.24) is 4.57 Å². The van der Waals surface area contributed by atoms with Crippen molar-refractivity contribution in [3.63, 3.8) is 0 Å². The highest BCUT2D eigenvalue weighted by molar-refractivity contribution is 14.1. The van der Waals surface area contributed by atoms with E-state index < -0.39 is 12.0 Å². The standard InChI is InChI=1S/C36H27ClI2N2O4S2/c1-3-44-35(43)30-31(23-7-5-4-6-8-23)40-36-41(32(30)24-11-15-26(46-2)16-12-24)34(42)29(47-36)19-22-17-27(38)33(28(39)18-22)45-20-21-9-13-25(37)14-10-21/h4-19,32H,3,20H2,1-2H3/b29-19-/t32-/m1/s1. The lowest BCUT2D eigenvalue weighted by atomic mass is 9.93. The molecule has 47 heavy (non-hydrogen) atoms. The number of rotatable bonds is 9. The number of carbonyl (C=O) groups is 1. The number of carbonyl (C=O) groups excluding carboxylic acids is 1. The molecule has 2 heterocycles. The van der Waals surface area contributed by atoms with Crippen LogP contribution in [0.1, 0.15) is 35.2 Å². The monoisotopic (exact) mass is 904 g/mol. The molecule has 0 aliphatic carbocycles. The summed E-state index contributed by atoms with van der Waals surface area (Å²) in [6.07, 6.45) is 3.89. The highest BCUT2D eigenvalue weighted by Gasteiger charge is 2.35. The van der Waals surface area contributed by atoms with Gasteiger partial charge in [0.15, 0.2) is 4.80 Å². The second-order valence-electron chi connectivity index (χ2n) is 10.4. The van der Waals surface area contributed by atoms with Crippen LogP contribution in [-0.2, 0) is 16.1 Å². The van der Waals surface area contributed by atoms with Crippen molar-refractivity contribution in [2.75, 3.05) is 12.9 Å². The lowest BCUT2D eigenvalue weighted by Gasteiger charge is -2.26. The summed E-state index contributed by atoms with van der Waals surface area (Å²) < 4.78 is 15.7. The van der Waals surface area contributed by atoms with Crippen molar-refractivity contribution in [3.8, 4) is 5.75 Å². The van der Waals surface area contributed by atoms with Crippen molar-refractivity contribution < 1.29 is 14.3 Å². The summed E-state index contributed by atoms with van der Waals surface area (Å²) in [6, 6.07) is 28.3. The van der Waals surface area contributed by atoms with Crippen LogP contribution in [0.4, 0.5) is 0 Å². The lowest BCUT2D eigenvalue weighted by Crippen LogP contribution is -2.40. The lowest BCUT2D eigenvalue weighted by molar-refractivity contribution is -0.138. The van der Waals surface area contributed by atoms with Crippen LogP contribution in [0.5, 0.6) is 5.75 Å². The van der Waals surface area contributed by atoms with Crippen molar-refractivity contribution in [2.45, 2.75) is 24.5 Å². The fourth-order valence-electron chi connectivity index (χ4n) is 5.23. The summed E-state index contributed by atoms with van der Waals surface area (Å²) in [5, 5.41) is 0.681. The summed E-state index contributed by atoms with van der Waals surface area (Å²) in [5.41, 5.74) is 4.06. The van der Waals surface area contributed by atoms with Gasteiger partial charge in [-0.05, 0) is 118 Å². The first kappa shape index (κ1) is 34.0. The molecule has 1 atom stereocenters. The van der Waals surface area contributed by atoms with Crippen LogP contribution < -0.4 is 19.6 Å². The number of nitrogens with zero attached hydrogens (tertiary/aromatic N) is 2. The Morgan fingerprint density at radius 1 is 1.02 bits per heavy atom. The average Bonchev–Trinajstić information content (AvgIpc) is 3.38. The molecule has 0 amide bonds. The first-order valence-electron chi connectivity index (χ1n) is 14.6. The number of benzene rings is 4. The second kappa shape index (κ2) is 15.1. The summed E-state index contributed by atoms with van der Waals surface area (Å²) in [6.45, 7) is 2.38. The van der Waals surface area contributed by atoms with E-state index in [4.69, 9.17) is 26.1 Å². The number of esters is 1. The van der Waals surface area contributed by atoms with E-state index in [1.165, 1.54) is 11.3 Å². The Morgan fingerprint density at radius 3 is 2.34 bits per heavy atom. The molecule has 0 fully saturated rings. The topological polar surface area (TPSA) is 69.9 Å². The number of aromatic nitrogens is 1. The molecule has 0 bridgehead atoms. The van der Waals surface area contributed by atoms with Crippen LogP contribution in [0.25, 0.3) is 11.8 Å². The van der Waals surface area contributed by atoms with Crippen molar-refractivity contribution in [2.24, 2.45) is 4.99 Å². The van der Waals surface area contributed by atoms with Gasteiger partial charge in [0, 0.05) is 15.5 Å². The van der Waals surface area contributed by atoms with Gasteiger partial charge in [-0.3, -0.25) is 9.36 Å². The molecule has 0 saturated heterocycles. The summed E-state index contributed by atoms with van der Waals surface area (Å²) in [5.74, 6) is 0.279. The van der Waals surface area contributed by atoms with Crippen LogP contribution in [0.2, 0.25) is 5.02 Å². The third-order valence-electron chi connectivity index (χ3n) is 7.42. The van der Waals surface area contributed by atoms with Crippen LogP contribution in [0, 0.1) is 7.14 Å². The first-order valence-corrected chi connectivity index (χ1v) is 19.1. The Kier molecular flexibility index (Phi) is 10.9. The Labute approximate surface area is 312 Å². The molecular weight excluding hydrogens is 878 g/mol. The molecule has 4 aromatic carbocycles. The zero-order valence-corrected chi connectivity index (χ0v) is 31.9. The highest BCUT2D eigenvalue weighted by Crippen LogP contribution is 2.36. The first-order chi connectivity index (χ1) is 22.8. The van der Waals surface area contributed by atoms with E-state index in [0.717, 1.165) is 40.0 Å². The maximum absolute atomic E-state index is 14.3. The van der Waals surface area contributed by atoms with E-state index in [1.54, 1.807) is 23.3 Å². The van der Waals surface area contributed by atoms with E-state index in [-0.39, 0.29) is 12.2 Å². The number of hydrogen-bond donors (Lipinski definition) is 0. The Hall–Kier alpha value is -2.91. The highest BCUT2D eigenvalue weighted by atomic mass is 127. The van der Waals surface area contributed by atoms with Gasteiger partial charge in [0.05, 0.1) is 35.6 Å². The largest absolute Gasteiger partial charge is 0.487 e. The quantitative estimate of drug-likeness (QED) is 0.0851. The number of halogens is 3. The Bertz CT molecular complexity index is 2140. The fraction of sp³-hybridized carbons (Fsp3) is 0.139. The predicted octanol–water partition coefficient (Wildman–Crippen LogP) is 8.10. The van der Waals surface area contributed by atoms with E-state index >= 15 is 0 Å². The third-order valence-corrected chi connectivity index (χ3v) is 11.0. The maximum Gasteiger partial charge on any atom is 0.338 e. The molecule has 11 heteroatoms. The summed E-state index contributed by atoms with van der Waals surface area (Å²) >= 11 is 13.5. The molecule has 6 rings (SSSR count). The van der Waals surface area contributed by atoms with Gasteiger partial charge in [-0.25, -0.2) is 9.79 Å². The number of ether oxygens (including phenoxy) is 2. The van der Waals surface area contributed by atoms with Gasteiger partial charge >= 0.3 is 5.97 Å². The summed E-state index contributed by atoms with van der Waals surface area (Å²) in [4.78, 5) is 34.5. The van der Waals surface area contributed by atoms with Gasteiger partial charge in [-0.1, -0.05) is 77.5 Å². The molecule has 0 spiro atoms. The van der Waals surface area contributed by atoms with Gasteiger partial charge in [0.1, 0.15) is 12.4 Å². The molecular formula is C36H27ClI2N2O4S2. The second-order valence-corrected chi connectivity index (χ2v) is 15.1. The van der Waals surface area contributed by atoms with Crippen molar-refractivity contribution >= 4 is 97.6 Å². The van der Waals surface area contributed by atoms with Crippen LogP contribution in [0.3, 0.4) is 0 Å². The Morgan fingerprint density at radius 2 is 1.70 bits per heavy atom. The van der Waals surface area contributed by atoms with E-state index in [1.807, 2.05) is 103 Å². The third kappa shape index (κ3) is 7.41. The number of thiazole rings is 1. The van der Waals surface area contributed by atoms with Gasteiger partial charge in [0.25, 0.3) is 5.56 Å². The van der Waals surface area contributed by atoms with E-state index in [0.29, 0.717) is 32.2 Å². The van der Waals surface area contributed by atoms with E-state index in [2.05, 4.69) is 45.2 Å². The number of hydrogen-bond acceptors (Lipinski definition) is 7. The molecule has 6 nitrogen and oxygen atoms in total. The molecule has 1 aromatic heterocycles. The zero-order chi connectivity index (χ0) is 33.1. The van der Waals surface area contributed by atoms with Gasteiger partial charge in [0.2, 0.25) is 0 Å². The maximum atomic E-state index is 14.3. The molecule has 0 saturated carbocycles. The van der Waals surface area contributed by atoms with E-state index in [9.17, 15) is 9.59 Å².